The lowest BCUT2D eigenvalue weighted by Crippen LogP contribution is -2.21. The van der Waals surface area contributed by atoms with Gasteiger partial charge < -0.3 is 15.6 Å². The number of nitrogen functional groups attached to an aromatic ring is 1. The van der Waals surface area contributed by atoms with Gasteiger partial charge in [0.1, 0.15) is 11.6 Å². The molecule has 2 aromatic carbocycles. The number of aliphatic hydroxyl groups excluding tert-OH is 1. The molecule has 0 atom stereocenters. The van der Waals surface area contributed by atoms with Gasteiger partial charge in [0.05, 0.1) is 5.69 Å². The van der Waals surface area contributed by atoms with Crippen LogP contribution < -0.4 is 16.2 Å². The Morgan fingerprint density at radius 3 is 2.56 bits per heavy atom. The zero-order valence-electron chi connectivity index (χ0n) is 17.6. The highest BCUT2D eigenvalue weighted by Gasteiger charge is 2.10. The summed E-state index contributed by atoms with van der Waals surface area (Å²) in [6, 6.07) is 18.2. The van der Waals surface area contributed by atoms with Gasteiger partial charge in [-0.05, 0) is 48.7 Å². The molecule has 0 amide bonds. The second kappa shape index (κ2) is 9.40. The van der Waals surface area contributed by atoms with Gasteiger partial charge in [-0.3, -0.25) is 4.57 Å². The van der Waals surface area contributed by atoms with E-state index < -0.39 is 5.69 Å². The Hall–Kier alpha value is -4.04. The molecule has 32 heavy (non-hydrogen) atoms. The zero-order valence-corrected chi connectivity index (χ0v) is 17.6. The Morgan fingerprint density at radius 1 is 1.03 bits per heavy atom. The lowest BCUT2D eigenvalue weighted by molar-refractivity contribution is 0.299. The van der Waals surface area contributed by atoms with Crippen LogP contribution >= 0.6 is 0 Å². The molecular weight excluding hydrogens is 406 g/mol. The van der Waals surface area contributed by atoms with Gasteiger partial charge in [-0.25, -0.2) is 9.78 Å². The number of anilines is 1. The molecule has 0 saturated heterocycles. The number of aromatic nitrogens is 4. The van der Waals surface area contributed by atoms with Crippen molar-refractivity contribution in [3.05, 3.63) is 88.6 Å². The summed E-state index contributed by atoms with van der Waals surface area (Å²) in [6.07, 6.45) is 2.89. The molecule has 4 rings (SSSR count). The van der Waals surface area contributed by atoms with E-state index in [0.717, 1.165) is 16.8 Å². The topological polar surface area (TPSA) is 116 Å². The fourth-order valence-corrected chi connectivity index (χ4v) is 3.22. The van der Waals surface area contributed by atoms with Crippen LogP contribution in [0.2, 0.25) is 0 Å². The SMILES string of the molecule is CCc1cc(Oc2ccc(CCO)cc2)nc(-c2cccc(-n3ccc(N)nc3=O)c2)n1. The van der Waals surface area contributed by atoms with Crippen molar-refractivity contribution in [2.24, 2.45) is 0 Å². The molecule has 8 nitrogen and oxygen atoms in total. The summed E-state index contributed by atoms with van der Waals surface area (Å²) < 4.78 is 7.38. The van der Waals surface area contributed by atoms with Crippen molar-refractivity contribution in [2.45, 2.75) is 19.8 Å². The average molecular weight is 429 g/mol. The minimum atomic E-state index is -0.459. The van der Waals surface area contributed by atoms with E-state index in [1.54, 1.807) is 18.3 Å². The molecule has 0 saturated carbocycles. The second-order valence-electron chi connectivity index (χ2n) is 7.15. The number of nitrogens with zero attached hydrogens (tertiary/aromatic N) is 4. The van der Waals surface area contributed by atoms with Gasteiger partial charge in [0.2, 0.25) is 5.88 Å². The highest BCUT2D eigenvalue weighted by atomic mass is 16.5. The van der Waals surface area contributed by atoms with Crippen LogP contribution in [0.15, 0.2) is 71.7 Å². The molecule has 0 radical (unpaired) electrons. The van der Waals surface area contributed by atoms with Crippen LogP contribution in [0.3, 0.4) is 0 Å². The van der Waals surface area contributed by atoms with Gasteiger partial charge in [-0.15, -0.1) is 0 Å². The molecule has 0 spiro atoms. The maximum Gasteiger partial charge on any atom is 0.354 e. The fraction of sp³-hybridized carbons (Fsp3) is 0.167. The van der Waals surface area contributed by atoms with E-state index in [9.17, 15) is 4.79 Å². The summed E-state index contributed by atoms with van der Waals surface area (Å²) in [4.78, 5) is 25.2. The normalized spacial score (nSPS) is 10.8. The number of aryl methyl sites for hydroxylation is 1. The van der Waals surface area contributed by atoms with Crippen molar-refractivity contribution in [1.29, 1.82) is 0 Å². The summed E-state index contributed by atoms with van der Waals surface area (Å²) in [5.74, 6) is 1.74. The van der Waals surface area contributed by atoms with Crippen LogP contribution in [0, 0.1) is 0 Å². The predicted octanol–water partition coefficient (Wildman–Crippen LogP) is 3.16. The minimum absolute atomic E-state index is 0.104. The number of rotatable bonds is 7. The molecule has 0 aliphatic carbocycles. The van der Waals surface area contributed by atoms with Gasteiger partial charge in [0.15, 0.2) is 5.82 Å². The van der Waals surface area contributed by atoms with Crippen LogP contribution in [0.5, 0.6) is 11.6 Å². The van der Waals surface area contributed by atoms with E-state index in [2.05, 4.69) is 15.0 Å². The van der Waals surface area contributed by atoms with Gasteiger partial charge in [-0.2, -0.15) is 9.97 Å². The van der Waals surface area contributed by atoms with Crippen LogP contribution in [-0.4, -0.2) is 31.2 Å². The van der Waals surface area contributed by atoms with Crippen LogP contribution in [0.25, 0.3) is 17.1 Å². The average Bonchev–Trinajstić information content (AvgIpc) is 2.80. The lowest BCUT2D eigenvalue weighted by atomic mass is 10.1. The van der Waals surface area contributed by atoms with E-state index in [4.69, 9.17) is 15.6 Å². The monoisotopic (exact) mass is 429 g/mol. The molecular formula is C24H23N5O3. The molecule has 0 bridgehead atoms. The first-order valence-electron chi connectivity index (χ1n) is 10.3. The van der Waals surface area contributed by atoms with E-state index in [1.807, 2.05) is 55.5 Å². The number of benzene rings is 2. The highest BCUT2D eigenvalue weighted by molar-refractivity contribution is 5.60. The van der Waals surface area contributed by atoms with E-state index in [-0.39, 0.29) is 12.4 Å². The standard InChI is InChI=1S/C24H23N5O3/c1-2-18-15-22(32-20-8-6-16(7-9-20)11-13-30)28-23(26-18)17-4-3-5-19(14-17)29-12-10-21(25)27-24(29)31/h3-10,12,14-15,30H,2,11,13H2,1H3,(H2,25,27,31). The Kier molecular flexibility index (Phi) is 6.23. The molecule has 4 aromatic rings. The zero-order chi connectivity index (χ0) is 22.5. The molecule has 3 N–H and O–H groups in total. The maximum atomic E-state index is 12.2. The summed E-state index contributed by atoms with van der Waals surface area (Å²) in [6.45, 7) is 2.11. The van der Waals surface area contributed by atoms with Crippen molar-refractivity contribution in [3.8, 4) is 28.7 Å². The van der Waals surface area contributed by atoms with E-state index in [0.29, 0.717) is 36.0 Å². The number of hydrogen-bond donors (Lipinski definition) is 2. The number of ether oxygens (including phenoxy) is 1. The summed E-state index contributed by atoms with van der Waals surface area (Å²) in [7, 11) is 0. The van der Waals surface area contributed by atoms with E-state index >= 15 is 0 Å². The first kappa shape index (κ1) is 21.2. The van der Waals surface area contributed by atoms with Crippen LogP contribution in [0.4, 0.5) is 5.82 Å². The first-order chi connectivity index (χ1) is 15.6. The Morgan fingerprint density at radius 2 is 1.84 bits per heavy atom. The van der Waals surface area contributed by atoms with Crippen LogP contribution in [-0.2, 0) is 12.8 Å². The number of nitrogens with two attached hydrogens (primary N) is 1. The van der Waals surface area contributed by atoms with Crippen molar-refractivity contribution in [2.75, 3.05) is 12.3 Å². The lowest BCUT2D eigenvalue weighted by Gasteiger charge is -2.11. The predicted molar refractivity (Wildman–Crippen MR) is 122 cm³/mol. The number of aliphatic hydroxyl groups is 1. The second-order valence-corrected chi connectivity index (χ2v) is 7.15. The molecule has 0 aliphatic heterocycles. The first-order valence-corrected chi connectivity index (χ1v) is 10.3. The Balaban J connectivity index is 1.67. The largest absolute Gasteiger partial charge is 0.439 e. The minimum Gasteiger partial charge on any atom is -0.439 e. The van der Waals surface area contributed by atoms with Gasteiger partial charge in [0.25, 0.3) is 0 Å². The Bertz CT molecular complexity index is 1290. The molecule has 0 aliphatic rings. The van der Waals surface area contributed by atoms with Gasteiger partial charge in [-0.1, -0.05) is 31.2 Å². The Labute approximate surface area is 185 Å². The van der Waals surface area contributed by atoms with E-state index in [1.165, 1.54) is 4.57 Å². The fourth-order valence-electron chi connectivity index (χ4n) is 3.22. The quantitative estimate of drug-likeness (QED) is 0.463. The third-order valence-corrected chi connectivity index (χ3v) is 4.87. The third kappa shape index (κ3) is 4.81. The maximum absolute atomic E-state index is 12.2. The summed E-state index contributed by atoms with van der Waals surface area (Å²) in [5.41, 5.74) is 8.37. The molecule has 0 fully saturated rings. The van der Waals surface area contributed by atoms with Crippen molar-refractivity contribution >= 4 is 5.82 Å². The smallest absolute Gasteiger partial charge is 0.354 e. The highest BCUT2D eigenvalue weighted by Crippen LogP contribution is 2.25. The third-order valence-electron chi connectivity index (χ3n) is 4.87. The summed E-state index contributed by atoms with van der Waals surface area (Å²) in [5, 5.41) is 9.06. The molecule has 162 valence electrons. The van der Waals surface area contributed by atoms with Crippen molar-refractivity contribution in [3.63, 3.8) is 0 Å². The van der Waals surface area contributed by atoms with Crippen LogP contribution in [0.1, 0.15) is 18.2 Å². The summed E-state index contributed by atoms with van der Waals surface area (Å²) >= 11 is 0. The molecule has 2 aromatic heterocycles. The van der Waals surface area contributed by atoms with Gasteiger partial charge >= 0.3 is 5.69 Å². The molecule has 2 heterocycles. The van der Waals surface area contributed by atoms with Crippen molar-refractivity contribution in [1.82, 2.24) is 19.5 Å². The molecule has 8 heteroatoms. The van der Waals surface area contributed by atoms with Crippen molar-refractivity contribution < 1.29 is 9.84 Å². The van der Waals surface area contributed by atoms with Gasteiger partial charge in [0, 0.05) is 30.1 Å². The molecule has 0 unspecified atom stereocenters. The number of hydrogen-bond acceptors (Lipinski definition) is 7.